The number of carbonyl (C=O) groups is 2. The molecule has 5 heteroatoms. The molecule has 0 bridgehead atoms. The van der Waals surface area contributed by atoms with Gasteiger partial charge in [-0.2, -0.15) is 0 Å². The SMILES string of the molecule is NC(=O)c1ccc(C(N)=O)c(CCNc2ccccc2)c1. The summed E-state index contributed by atoms with van der Waals surface area (Å²) in [6, 6.07) is 14.4. The monoisotopic (exact) mass is 283 g/mol. The van der Waals surface area contributed by atoms with E-state index in [1.165, 1.54) is 6.07 Å². The number of rotatable bonds is 6. The maximum atomic E-state index is 11.4. The molecule has 0 aliphatic rings. The molecule has 0 radical (unpaired) electrons. The zero-order chi connectivity index (χ0) is 15.2. The first-order valence-electron chi connectivity index (χ1n) is 6.59. The molecule has 0 saturated heterocycles. The molecular formula is C16H17N3O2. The van der Waals surface area contributed by atoms with E-state index in [0.717, 1.165) is 5.69 Å². The highest BCUT2D eigenvalue weighted by atomic mass is 16.1. The highest BCUT2D eigenvalue weighted by molar-refractivity contribution is 5.97. The fourth-order valence-corrected chi connectivity index (χ4v) is 2.09. The predicted molar refractivity (Wildman–Crippen MR) is 82.1 cm³/mol. The van der Waals surface area contributed by atoms with Crippen LogP contribution in [-0.2, 0) is 6.42 Å². The first-order chi connectivity index (χ1) is 10.1. The Labute approximate surface area is 123 Å². The summed E-state index contributed by atoms with van der Waals surface area (Å²) in [5, 5.41) is 3.24. The molecule has 2 aromatic rings. The summed E-state index contributed by atoms with van der Waals surface area (Å²) in [5.41, 5.74) is 13.1. The second kappa shape index (κ2) is 6.56. The molecule has 108 valence electrons. The zero-order valence-electron chi connectivity index (χ0n) is 11.5. The van der Waals surface area contributed by atoms with Gasteiger partial charge in [0.25, 0.3) is 0 Å². The second-order valence-corrected chi connectivity index (χ2v) is 4.64. The predicted octanol–water partition coefficient (Wildman–Crippen LogP) is 1.54. The molecule has 2 amide bonds. The lowest BCUT2D eigenvalue weighted by Crippen LogP contribution is -2.18. The van der Waals surface area contributed by atoms with Gasteiger partial charge in [0.05, 0.1) is 0 Å². The number of hydrogen-bond donors (Lipinski definition) is 3. The number of carbonyl (C=O) groups excluding carboxylic acids is 2. The van der Waals surface area contributed by atoms with Gasteiger partial charge in [0.15, 0.2) is 0 Å². The summed E-state index contributed by atoms with van der Waals surface area (Å²) in [4.78, 5) is 22.6. The van der Waals surface area contributed by atoms with Crippen molar-refractivity contribution in [3.8, 4) is 0 Å². The quantitative estimate of drug-likeness (QED) is 0.750. The van der Waals surface area contributed by atoms with Crippen LogP contribution in [0.1, 0.15) is 26.3 Å². The summed E-state index contributed by atoms with van der Waals surface area (Å²) in [6.07, 6.45) is 0.564. The molecule has 0 atom stereocenters. The Balaban J connectivity index is 2.12. The van der Waals surface area contributed by atoms with Crippen LogP contribution in [-0.4, -0.2) is 18.4 Å². The third-order valence-electron chi connectivity index (χ3n) is 3.15. The van der Waals surface area contributed by atoms with Crippen LogP contribution in [0.2, 0.25) is 0 Å². The van der Waals surface area contributed by atoms with Gasteiger partial charge in [0.1, 0.15) is 0 Å². The molecule has 2 rings (SSSR count). The van der Waals surface area contributed by atoms with E-state index in [2.05, 4.69) is 5.32 Å². The average molecular weight is 283 g/mol. The lowest BCUT2D eigenvalue weighted by molar-refractivity contribution is 0.0987. The Morgan fingerprint density at radius 1 is 0.952 bits per heavy atom. The van der Waals surface area contributed by atoms with Crippen molar-refractivity contribution in [3.05, 3.63) is 65.2 Å². The number of nitrogens with one attached hydrogen (secondary N) is 1. The number of amides is 2. The van der Waals surface area contributed by atoms with E-state index in [-0.39, 0.29) is 0 Å². The molecule has 21 heavy (non-hydrogen) atoms. The maximum Gasteiger partial charge on any atom is 0.248 e. The van der Waals surface area contributed by atoms with E-state index >= 15 is 0 Å². The molecule has 0 heterocycles. The molecule has 5 N–H and O–H groups in total. The normalized spacial score (nSPS) is 10.1. The first kappa shape index (κ1) is 14.6. The van der Waals surface area contributed by atoms with Gasteiger partial charge in [0, 0.05) is 23.4 Å². The van der Waals surface area contributed by atoms with Gasteiger partial charge < -0.3 is 16.8 Å². The second-order valence-electron chi connectivity index (χ2n) is 4.64. The van der Waals surface area contributed by atoms with Gasteiger partial charge in [-0.05, 0) is 42.3 Å². The Hall–Kier alpha value is -2.82. The van der Waals surface area contributed by atoms with Gasteiger partial charge in [-0.1, -0.05) is 18.2 Å². The summed E-state index contributed by atoms with van der Waals surface area (Å²) >= 11 is 0. The third-order valence-corrected chi connectivity index (χ3v) is 3.15. The third kappa shape index (κ3) is 3.82. The van der Waals surface area contributed by atoms with Gasteiger partial charge in [-0.3, -0.25) is 9.59 Å². The Morgan fingerprint density at radius 3 is 2.29 bits per heavy atom. The van der Waals surface area contributed by atoms with Gasteiger partial charge >= 0.3 is 0 Å². The molecule has 0 aliphatic heterocycles. The van der Waals surface area contributed by atoms with Crippen molar-refractivity contribution >= 4 is 17.5 Å². The smallest absolute Gasteiger partial charge is 0.248 e. The van der Waals surface area contributed by atoms with Crippen molar-refractivity contribution in [1.29, 1.82) is 0 Å². The van der Waals surface area contributed by atoms with E-state index in [1.807, 2.05) is 30.3 Å². The van der Waals surface area contributed by atoms with Crippen LogP contribution in [0.5, 0.6) is 0 Å². The first-order valence-corrected chi connectivity index (χ1v) is 6.59. The van der Waals surface area contributed by atoms with Crippen LogP contribution in [0.4, 0.5) is 5.69 Å². The molecule has 0 aliphatic carbocycles. The number of primary amides is 2. The minimum Gasteiger partial charge on any atom is -0.385 e. The number of nitrogens with two attached hydrogens (primary N) is 2. The minimum atomic E-state index is -0.525. The summed E-state index contributed by atoms with van der Waals surface area (Å²) in [6.45, 7) is 0.618. The van der Waals surface area contributed by atoms with E-state index in [0.29, 0.717) is 29.7 Å². The molecule has 5 nitrogen and oxygen atoms in total. The van der Waals surface area contributed by atoms with Crippen molar-refractivity contribution < 1.29 is 9.59 Å². The Morgan fingerprint density at radius 2 is 1.67 bits per heavy atom. The van der Waals surface area contributed by atoms with Gasteiger partial charge in [-0.25, -0.2) is 0 Å². The van der Waals surface area contributed by atoms with E-state index < -0.39 is 11.8 Å². The van der Waals surface area contributed by atoms with Crippen LogP contribution in [0.25, 0.3) is 0 Å². The van der Waals surface area contributed by atoms with Crippen molar-refractivity contribution in [1.82, 2.24) is 0 Å². The van der Waals surface area contributed by atoms with Crippen molar-refractivity contribution in [2.24, 2.45) is 11.5 Å². The standard InChI is InChI=1S/C16H17N3O2/c17-15(20)12-6-7-14(16(18)21)11(10-12)8-9-19-13-4-2-1-3-5-13/h1-7,10,19H,8-9H2,(H2,17,20)(H2,18,21). The maximum absolute atomic E-state index is 11.4. The largest absolute Gasteiger partial charge is 0.385 e. The molecule has 0 spiro atoms. The van der Waals surface area contributed by atoms with E-state index in [4.69, 9.17) is 11.5 Å². The van der Waals surface area contributed by atoms with Gasteiger partial charge in [-0.15, -0.1) is 0 Å². The van der Waals surface area contributed by atoms with Crippen LogP contribution in [0.3, 0.4) is 0 Å². The van der Waals surface area contributed by atoms with Crippen molar-refractivity contribution in [3.63, 3.8) is 0 Å². The van der Waals surface area contributed by atoms with Crippen LogP contribution in [0.15, 0.2) is 48.5 Å². The van der Waals surface area contributed by atoms with E-state index in [9.17, 15) is 9.59 Å². The number of benzene rings is 2. The molecular weight excluding hydrogens is 266 g/mol. The van der Waals surface area contributed by atoms with Gasteiger partial charge in [0.2, 0.25) is 11.8 Å². The Bertz CT molecular complexity index is 654. The highest BCUT2D eigenvalue weighted by Gasteiger charge is 2.11. The summed E-state index contributed by atoms with van der Waals surface area (Å²) in [7, 11) is 0. The lowest BCUT2D eigenvalue weighted by Gasteiger charge is -2.10. The van der Waals surface area contributed by atoms with Crippen molar-refractivity contribution in [2.45, 2.75) is 6.42 Å². The van der Waals surface area contributed by atoms with E-state index in [1.54, 1.807) is 12.1 Å². The zero-order valence-corrected chi connectivity index (χ0v) is 11.5. The van der Waals surface area contributed by atoms with Crippen LogP contribution in [0, 0.1) is 0 Å². The molecule has 0 aromatic heterocycles. The number of para-hydroxylation sites is 1. The minimum absolute atomic E-state index is 0.370. The fraction of sp³-hybridized carbons (Fsp3) is 0.125. The summed E-state index contributed by atoms with van der Waals surface area (Å²) < 4.78 is 0. The van der Waals surface area contributed by atoms with Crippen molar-refractivity contribution in [2.75, 3.05) is 11.9 Å². The summed E-state index contributed by atoms with van der Waals surface area (Å²) in [5.74, 6) is -1.04. The number of anilines is 1. The average Bonchev–Trinajstić information content (AvgIpc) is 2.48. The topological polar surface area (TPSA) is 98.2 Å². The molecule has 0 unspecified atom stereocenters. The van der Waals surface area contributed by atoms with Crippen LogP contribution >= 0.6 is 0 Å². The lowest BCUT2D eigenvalue weighted by atomic mass is 10.0. The van der Waals surface area contributed by atoms with Crippen LogP contribution < -0.4 is 16.8 Å². The molecule has 2 aromatic carbocycles. The fourth-order valence-electron chi connectivity index (χ4n) is 2.09. The molecule has 0 saturated carbocycles. The number of hydrogen-bond acceptors (Lipinski definition) is 3. The molecule has 0 fully saturated rings. The Kier molecular flexibility index (Phi) is 4.56. The highest BCUT2D eigenvalue weighted by Crippen LogP contribution is 2.13.